The molecule has 154 valence electrons. The number of nitrogens with zero attached hydrogens (tertiary/aromatic N) is 6. The molecular formula is C21H28IN7. The highest BCUT2D eigenvalue weighted by molar-refractivity contribution is 14.0. The van der Waals surface area contributed by atoms with Crippen LogP contribution in [0.25, 0.3) is 0 Å². The second-order valence-electron chi connectivity index (χ2n) is 7.24. The van der Waals surface area contributed by atoms with E-state index in [1.54, 1.807) is 0 Å². The summed E-state index contributed by atoms with van der Waals surface area (Å²) in [5.41, 5.74) is 2.57. The molecule has 3 heterocycles. The van der Waals surface area contributed by atoms with Crippen LogP contribution in [0.1, 0.15) is 29.3 Å². The Hall–Kier alpha value is -2.36. The van der Waals surface area contributed by atoms with Crippen LogP contribution < -0.4 is 5.32 Å². The maximum Gasteiger partial charge on any atom is 0.194 e. The van der Waals surface area contributed by atoms with Crippen molar-refractivity contribution in [1.29, 1.82) is 0 Å². The summed E-state index contributed by atoms with van der Waals surface area (Å²) in [6.45, 7) is 3.44. The molecule has 0 aliphatic carbocycles. The fourth-order valence-corrected chi connectivity index (χ4v) is 3.80. The van der Waals surface area contributed by atoms with E-state index in [0.29, 0.717) is 12.5 Å². The molecule has 3 aromatic rings. The Labute approximate surface area is 188 Å². The quantitative estimate of drug-likeness (QED) is 0.329. The molecule has 1 aliphatic heterocycles. The summed E-state index contributed by atoms with van der Waals surface area (Å²) in [6.07, 6.45) is 9.10. The lowest BCUT2D eigenvalue weighted by atomic mass is 10.0. The summed E-state index contributed by atoms with van der Waals surface area (Å²) in [6, 6.07) is 10.5. The van der Waals surface area contributed by atoms with E-state index >= 15 is 0 Å². The predicted molar refractivity (Wildman–Crippen MR) is 126 cm³/mol. The van der Waals surface area contributed by atoms with Crippen molar-refractivity contribution in [2.75, 3.05) is 20.1 Å². The van der Waals surface area contributed by atoms with Crippen LogP contribution in [0.3, 0.4) is 0 Å². The molecule has 29 heavy (non-hydrogen) atoms. The number of aromatic nitrogens is 4. The Morgan fingerprint density at radius 1 is 1.28 bits per heavy atom. The van der Waals surface area contributed by atoms with Crippen LogP contribution in [0.2, 0.25) is 0 Å². The van der Waals surface area contributed by atoms with Gasteiger partial charge in [0.1, 0.15) is 5.82 Å². The Morgan fingerprint density at radius 3 is 2.83 bits per heavy atom. The largest absolute Gasteiger partial charge is 0.349 e. The molecule has 0 bridgehead atoms. The van der Waals surface area contributed by atoms with E-state index in [-0.39, 0.29) is 24.0 Å². The van der Waals surface area contributed by atoms with Crippen molar-refractivity contribution in [3.05, 3.63) is 72.1 Å². The molecule has 0 radical (unpaired) electrons. The first-order chi connectivity index (χ1) is 13.7. The molecular weight excluding hydrogens is 477 g/mol. The first-order valence-corrected chi connectivity index (χ1v) is 9.71. The molecule has 1 unspecified atom stereocenters. The zero-order valence-corrected chi connectivity index (χ0v) is 19.2. The van der Waals surface area contributed by atoms with Crippen LogP contribution in [0.5, 0.6) is 0 Å². The van der Waals surface area contributed by atoms with Gasteiger partial charge < -0.3 is 14.8 Å². The van der Waals surface area contributed by atoms with E-state index in [4.69, 9.17) is 0 Å². The van der Waals surface area contributed by atoms with Crippen molar-refractivity contribution in [1.82, 2.24) is 29.5 Å². The third kappa shape index (κ3) is 5.17. The van der Waals surface area contributed by atoms with Gasteiger partial charge in [-0.25, -0.2) is 4.98 Å². The van der Waals surface area contributed by atoms with Gasteiger partial charge in [-0.3, -0.25) is 9.67 Å². The smallest absolute Gasteiger partial charge is 0.194 e. The normalized spacial score (nSPS) is 16.7. The van der Waals surface area contributed by atoms with Gasteiger partial charge in [0.25, 0.3) is 0 Å². The molecule has 1 N–H and O–H groups in total. The van der Waals surface area contributed by atoms with Crippen molar-refractivity contribution in [3.63, 3.8) is 0 Å². The molecule has 1 aromatic carbocycles. The average Bonchev–Trinajstić information content (AvgIpc) is 3.45. The Kier molecular flexibility index (Phi) is 7.29. The first kappa shape index (κ1) is 21.4. The van der Waals surface area contributed by atoms with E-state index in [2.05, 4.69) is 60.3 Å². The number of benzene rings is 1. The van der Waals surface area contributed by atoms with Gasteiger partial charge in [-0.1, -0.05) is 30.3 Å². The number of aliphatic imine (C=N–C) groups is 1. The second kappa shape index (κ2) is 9.91. The Bertz CT molecular complexity index is 931. The van der Waals surface area contributed by atoms with Crippen molar-refractivity contribution in [2.45, 2.75) is 25.4 Å². The summed E-state index contributed by atoms with van der Waals surface area (Å²) in [7, 11) is 3.81. The topological polar surface area (TPSA) is 63.3 Å². The SMILES string of the molecule is CN=C(NCc1nccn1Cc1ccccc1)N1CCC(c2cnn(C)c2)C1.I. The van der Waals surface area contributed by atoms with Crippen LogP contribution in [0.4, 0.5) is 0 Å². The summed E-state index contributed by atoms with van der Waals surface area (Å²) in [5, 5.41) is 7.80. The van der Waals surface area contributed by atoms with Gasteiger partial charge in [0.2, 0.25) is 0 Å². The number of aryl methyl sites for hydroxylation is 1. The molecule has 1 atom stereocenters. The average molecular weight is 505 g/mol. The molecule has 0 saturated carbocycles. The Morgan fingerprint density at radius 2 is 2.10 bits per heavy atom. The lowest BCUT2D eigenvalue weighted by Gasteiger charge is -2.21. The lowest BCUT2D eigenvalue weighted by Crippen LogP contribution is -2.40. The Balaban J connectivity index is 0.00000240. The van der Waals surface area contributed by atoms with Crippen molar-refractivity contribution in [3.8, 4) is 0 Å². The number of hydrogen-bond donors (Lipinski definition) is 1. The molecule has 2 aromatic heterocycles. The number of halogens is 1. The number of nitrogens with one attached hydrogen (secondary N) is 1. The van der Waals surface area contributed by atoms with Crippen LogP contribution >= 0.6 is 24.0 Å². The minimum Gasteiger partial charge on any atom is -0.349 e. The fraction of sp³-hybridized carbons (Fsp3) is 0.381. The van der Waals surface area contributed by atoms with E-state index < -0.39 is 0 Å². The first-order valence-electron chi connectivity index (χ1n) is 9.71. The predicted octanol–water partition coefficient (Wildman–Crippen LogP) is 2.85. The highest BCUT2D eigenvalue weighted by atomic mass is 127. The van der Waals surface area contributed by atoms with Crippen LogP contribution in [-0.2, 0) is 20.1 Å². The molecule has 7 nitrogen and oxygen atoms in total. The summed E-state index contributed by atoms with van der Waals surface area (Å²) >= 11 is 0. The van der Waals surface area contributed by atoms with Gasteiger partial charge in [-0.2, -0.15) is 5.10 Å². The number of guanidine groups is 1. The van der Waals surface area contributed by atoms with Crippen molar-refractivity contribution >= 4 is 29.9 Å². The number of likely N-dealkylation sites (tertiary alicyclic amines) is 1. The monoisotopic (exact) mass is 505 g/mol. The van der Waals surface area contributed by atoms with E-state index in [9.17, 15) is 0 Å². The second-order valence-corrected chi connectivity index (χ2v) is 7.24. The van der Waals surface area contributed by atoms with Crippen LogP contribution in [0.15, 0.2) is 60.1 Å². The maximum atomic E-state index is 4.53. The van der Waals surface area contributed by atoms with Gasteiger partial charge in [0, 0.05) is 58.2 Å². The van der Waals surface area contributed by atoms with E-state index in [0.717, 1.165) is 37.8 Å². The molecule has 0 spiro atoms. The fourth-order valence-electron chi connectivity index (χ4n) is 3.80. The minimum absolute atomic E-state index is 0. The van der Waals surface area contributed by atoms with Gasteiger partial charge >= 0.3 is 0 Å². The third-order valence-electron chi connectivity index (χ3n) is 5.30. The molecule has 1 aliphatic rings. The summed E-state index contributed by atoms with van der Waals surface area (Å²) in [5.74, 6) is 2.45. The molecule has 0 amide bonds. The number of imidazole rings is 1. The molecule has 4 rings (SSSR count). The summed E-state index contributed by atoms with van der Waals surface area (Å²) in [4.78, 5) is 11.3. The lowest BCUT2D eigenvalue weighted by molar-refractivity contribution is 0.483. The number of hydrogen-bond acceptors (Lipinski definition) is 3. The molecule has 1 fully saturated rings. The summed E-state index contributed by atoms with van der Waals surface area (Å²) < 4.78 is 4.05. The molecule has 1 saturated heterocycles. The van der Waals surface area contributed by atoms with Crippen LogP contribution in [-0.4, -0.2) is 50.3 Å². The van der Waals surface area contributed by atoms with Gasteiger partial charge in [-0.05, 0) is 17.5 Å². The van der Waals surface area contributed by atoms with Crippen molar-refractivity contribution < 1.29 is 0 Å². The zero-order chi connectivity index (χ0) is 19.3. The molecule has 8 heteroatoms. The minimum atomic E-state index is 0. The van der Waals surface area contributed by atoms with Gasteiger partial charge in [0.05, 0.1) is 12.7 Å². The van der Waals surface area contributed by atoms with E-state index in [1.165, 1.54) is 11.1 Å². The maximum absolute atomic E-state index is 4.53. The highest BCUT2D eigenvalue weighted by Gasteiger charge is 2.27. The zero-order valence-electron chi connectivity index (χ0n) is 16.9. The standard InChI is InChI=1S/C21H27N7.HI/c1-22-21(28-10-8-18(16-28)19-12-25-26(2)15-19)24-13-20-23-9-11-27(20)14-17-6-4-3-5-7-17;/h3-7,9,11-12,15,18H,8,10,13-14,16H2,1-2H3,(H,22,24);1H. The van der Waals surface area contributed by atoms with Crippen molar-refractivity contribution in [2.24, 2.45) is 12.0 Å². The van der Waals surface area contributed by atoms with Gasteiger partial charge in [0.15, 0.2) is 5.96 Å². The van der Waals surface area contributed by atoms with Crippen LogP contribution in [0, 0.1) is 0 Å². The number of rotatable bonds is 5. The van der Waals surface area contributed by atoms with E-state index in [1.807, 2.05) is 43.4 Å². The third-order valence-corrected chi connectivity index (χ3v) is 5.30. The van der Waals surface area contributed by atoms with Gasteiger partial charge in [-0.15, -0.1) is 24.0 Å². The highest BCUT2D eigenvalue weighted by Crippen LogP contribution is 2.26.